The molecular weight excluding hydrogens is 462 g/mol. The summed E-state index contributed by atoms with van der Waals surface area (Å²) in [5.74, 6) is 0.943. The number of hydrogen-bond acceptors (Lipinski definition) is 6. The van der Waals surface area contributed by atoms with E-state index in [2.05, 4.69) is 34.6 Å². The molecule has 0 spiro atoms. The fourth-order valence-electron chi connectivity index (χ4n) is 3.37. The molecule has 8 nitrogen and oxygen atoms in total. The second-order valence-electron chi connectivity index (χ2n) is 7.68. The molecule has 176 valence electrons. The number of aromatic nitrogens is 3. The third-order valence-corrected chi connectivity index (χ3v) is 6.26. The first kappa shape index (κ1) is 23.9. The average Bonchev–Trinajstić information content (AvgIpc) is 3.29. The van der Waals surface area contributed by atoms with E-state index >= 15 is 0 Å². The van der Waals surface area contributed by atoms with Gasteiger partial charge in [0.1, 0.15) is 0 Å². The quantitative estimate of drug-likeness (QED) is 0.153. The molecule has 1 aromatic heterocycles. The van der Waals surface area contributed by atoms with Crippen molar-refractivity contribution in [3.8, 4) is 5.69 Å². The van der Waals surface area contributed by atoms with Crippen LogP contribution in [0.5, 0.6) is 0 Å². The summed E-state index contributed by atoms with van der Waals surface area (Å²) in [6.45, 7) is 2.20. The van der Waals surface area contributed by atoms with Crippen LogP contribution in [0, 0.1) is 17.0 Å². The molecule has 1 amide bonds. The Morgan fingerprint density at radius 3 is 2.46 bits per heavy atom. The lowest BCUT2D eigenvalue weighted by Gasteiger charge is -2.11. The third kappa shape index (κ3) is 6.21. The van der Waals surface area contributed by atoms with Crippen molar-refractivity contribution >= 4 is 29.4 Å². The summed E-state index contributed by atoms with van der Waals surface area (Å²) in [7, 11) is 0. The molecule has 0 fully saturated rings. The first-order valence-electron chi connectivity index (χ1n) is 10.9. The van der Waals surface area contributed by atoms with Gasteiger partial charge in [0.05, 0.1) is 11.5 Å². The van der Waals surface area contributed by atoms with E-state index in [-0.39, 0.29) is 18.1 Å². The molecule has 0 unspecified atom stereocenters. The normalized spacial score (nSPS) is 11.0. The number of nitrogens with zero attached hydrogens (tertiary/aromatic N) is 4. The Hall–Kier alpha value is -4.24. The van der Waals surface area contributed by atoms with E-state index < -0.39 is 4.92 Å². The number of carbonyl (C=O) groups excluding carboxylic acids is 1. The summed E-state index contributed by atoms with van der Waals surface area (Å²) < 4.78 is 1.81. The summed E-state index contributed by atoms with van der Waals surface area (Å²) in [6.07, 6.45) is 3.20. The Bertz CT molecular complexity index is 1350. The third-order valence-electron chi connectivity index (χ3n) is 5.28. The molecule has 0 aliphatic carbocycles. The van der Waals surface area contributed by atoms with Crippen LogP contribution in [-0.2, 0) is 17.1 Å². The number of hydrogen-bond donors (Lipinski definition) is 1. The molecule has 1 N–H and O–H groups in total. The van der Waals surface area contributed by atoms with Crippen molar-refractivity contribution in [2.24, 2.45) is 0 Å². The minimum atomic E-state index is -0.440. The van der Waals surface area contributed by atoms with E-state index in [1.54, 1.807) is 18.2 Å². The highest BCUT2D eigenvalue weighted by molar-refractivity contribution is 7.98. The fourth-order valence-corrected chi connectivity index (χ4v) is 4.41. The van der Waals surface area contributed by atoms with Crippen molar-refractivity contribution in [2.45, 2.75) is 24.4 Å². The number of nitrogens with one attached hydrogen (secondary N) is 1. The standard InChI is InChI=1S/C26H23N5O3S/c1-19-7-5-6-10-21(19)18-35-26-29-28-24(30(26)22-12-14-23(15-13-22)31(33)34)17-27-25(32)16-11-20-8-3-2-4-9-20/h2-16H,17-18H2,1H3,(H,27,32)/b16-11+. The predicted molar refractivity (Wildman–Crippen MR) is 136 cm³/mol. The van der Waals surface area contributed by atoms with Crippen molar-refractivity contribution in [1.82, 2.24) is 20.1 Å². The van der Waals surface area contributed by atoms with E-state index in [1.807, 2.05) is 47.0 Å². The minimum absolute atomic E-state index is 0.00293. The number of non-ortho nitro benzene ring substituents is 1. The van der Waals surface area contributed by atoms with Gasteiger partial charge in [-0.3, -0.25) is 19.5 Å². The van der Waals surface area contributed by atoms with Gasteiger partial charge in [-0.05, 0) is 41.8 Å². The number of nitro groups is 1. The second kappa shape index (κ2) is 11.3. The van der Waals surface area contributed by atoms with Gasteiger partial charge in [0.15, 0.2) is 11.0 Å². The monoisotopic (exact) mass is 485 g/mol. The number of benzene rings is 3. The molecule has 0 aliphatic rings. The Morgan fingerprint density at radius 2 is 1.74 bits per heavy atom. The largest absolute Gasteiger partial charge is 0.345 e. The zero-order valence-corrected chi connectivity index (χ0v) is 19.8. The summed E-state index contributed by atoms with van der Waals surface area (Å²) >= 11 is 1.51. The lowest BCUT2D eigenvalue weighted by molar-refractivity contribution is -0.384. The van der Waals surface area contributed by atoms with Gasteiger partial charge >= 0.3 is 0 Å². The Labute approximate surface area is 206 Å². The van der Waals surface area contributed by atoms with Crippen LogP contribution < -0.4 is 5.32 Å². The number of carbonyl (C=O) groups is 1. The molecule has 0 saturated heterocycles. The average molecular weight is 486 g/mol. The van der Waals surface area contributed by atoms with E-state index in [4.69, 9.17) is 0 Å². The van der Waals surface area contributed by atoms with Crippen molar-refractivity contribution < 1.29 is 9.72 Å². The molecule has 0 atom stereocenters. The molecule has 3 aromatic carbocycles. The van der Waals surface area contributed by atoms with Crippen LogP contribution >= 0.6 is 11.8 Å². The molecule has 1 heterocycles. The smallest absolute Gasteiger partial charge is 0.269 e. The molecule has 0 aliphatic heterocycles. The number of amides is 1. The summed E-state index contributed by atoms with van der Waals surface area (Å²) in [6, 6.07) is 23.8. The lowest BCUT2D eigenvalue weighted by atomic mass is 10.1. The number of nitro benzene ring substituents is 1. The van der Waals surface area contributed by atoms with Crippen LogP contribution in [0.3, 0.4) is 0 Å². The van der Waals surface area contributed by atoms with Crippen LogP contribution in [0.25, 0.3) is 11.8 Å². The maximum Gasteiger partial charge on any atom is 0.269 e. The van der Waals surface area contributed by atoms with Crippen molar-refractivity contribution in [3.63, 3.8) is 0 Å². The van der Waals surface area contributed by atoms with Gasteiger partial charge in [0, 0.05) is 29.6 Å². The Morgan fingerprint density at radius 1 is 1.03 bits per heavy atom. The van der Waals surface area contributed by atoms with Crippen LogP contribution in [0.2, 0.25) is 0 Å². The van der Waals surface area contributed by atoms with Gasteiger partial charge < -0.3 is 5.32 Å². The SMILES string of the molecule is Cc1ccccc1CSc1nnc(CNC(=O)/C=C/c2ccccc2)n1-c1ccc([N+](=O)[O-])cc1. The molecule has 0 bridgehead atoms. The van der Waals surface area contributed by atoms with Gasteiger partial charge in [0.25, 0.3) is 5.69 Å². The number of thioether (sulfide) groups is 1. The fraction of sp³-hybridized carbons (Fsp3) is 0.115. The van der Waals surface area contributed by atoms with Gasteiger partial charge in [-0.15, -0.1) is 10.2 Å². The maximum absolute atomic E-state index is 12.4. The zero-order chi connectivity index (χ0) is 24.6. The van der Waals surface area contributed by atoms with Gasteiger partial charge in [-0.1, -0.05) is 66.4 Å². The lowest BCUT2D eigenvalue weighted by Crippen LogP contribution is -2.22. The van der Waals surface area contributed by atoms with Crippen LogP contribution in [-0.4, -0.2) is 25.6 Å². The van der Waals surface area contributed by atoms with Gasteiger partial charge in [-0.25, -0.2) is 0 Å². The van der Waals surface area contributed by atoms with Crippen LogP contribution in [0.4, 0.5) is 5.69 Å². The molecule has 0 saturated carbocycles. The van der Waals surface area contributed by atoms with E-state index in [0.29, 0.717) is 22.4 Å². The van der Waals surface area contributed by atoms with Crippen molar-refractivity contribution in [2.75, 3.05) is 0 Å². The summed E-state index contributed by atoms with van der Waals surface area (Å²) in [4.78, 5) is 23.0. The summed E-state index contributed by atoms with van der Waals surface area (Å²) in [5, 5.41) is 23.2. The van der Waals surface area contributed by atoms with Crippen molar-refractivity contribution in [1.29, 1.82) is 0 Å². The number of aryl methyl sites for hydroxylation is 1. The minimum Gasteiger partial charge on any atom is -0.345 e. The molecule has 0 radical (unpaired) electrons. The molecular formula is C26H23N5O3S. The van der Waals surface area contributed by atoms with Gasteiger partial charge in [-0.2, -0.15) is 0 Å². The highest BCUT2D eigenvalue weighted by atomic mass is 32.2. The second-order valence-corrected chi connectivity index (χ2v) is 8.63. The van der Waals surface area contributed by atoms with Crippen LogP contribution in [0.15, 0.2) is 90.1 Å². The first-order valence-corrected chi connectivity index (χ1v) is 11.9. The zero-order valence-electron chi connectivity index (χ0n) is 19.0. The predicted octanol–water partition coefficient (Wildman–Crippen LogP) is 5.11. The van der Waals surface area contributed by atoms with Crippen LogP contribution in [0.1, 0.15) is 22.5 Å². The highest BCUT2D eigenvalue weighted by Gasteiger charge is 2.16. The van der Waals surface area contributed by atoms with E-state index in [9.17, 15) is 14.9 Å². The molecule has 35 heavy (non-hydrogen) atoms. The Balaban J connectivity index is 1.55. The van der Waals surface area contributed by atoms with E-state index in [1.165, 1.54) is 41.1 Å². The molecule has 9 heteroatoms. The maximum atomic E-state index is 12.4. The summed E-state index contributed by atoms with van der Waals surface area (Å²) in [5.41, 5.74) is 3.95. The number of rotatable bonds is 9. The first-order chi connectivity index (χ1) is 17.0. The van der Waals surface area contributed by atoms with Gasteiger partial charge in [0.2, 0.25) is 5.91 Å². The Kier molecular flexibility index (Phi) is 7.69. The highest BCUT2D eigenvalue weighted by Crippen LogP contribution is 2.27. The topological polar surface area (TPSA) is 103 Å². The molecule has 4 rings (SSSR count). The molecule has 4 aromatic rings. The van der Waals surface area contributed by atoms with E-state index in [0.717, 1.165) is 5.56 Å². The van der Waals surface area contributed by atoms with Crippen molar-refractivity contribution in [3.05, 3.63) is 118 Å².